The number of hydrogen-bond acceptors (Lipinski definition) is 1. The predicted octanol–water partition coefficient (Wildman–Crippen LogP) is 6.26. The van der Waals surface area contributed by atoms with Crippen molar-refractivity contribution in [1.82, 2.24) is 0 Å². The summed E-state index contributed by atoms with van der Waals surface area (Å²) in [6.45, 7) is 3.95. The Morgan fingerprint density at radius 3 is 1.60 bits per heavy atom. The minimum absolute atomic E-state index is 0.00125. The SMILES string of the molecule is CCCCCCCCCCCCOC(CC)C(F)(F)F. The molecule has 0 bridgehead atoms. The summed E-state index contributed by atoms with van der Waals surface area (Å²) >= 11 is 0. The van der Waals surface area contributed by atoms with Gasteiger partial charge < -0.3 is 4.74 Å². The molecule has 122 valence electrons. The van der Waals surface area contributed by atoms with Crippen LogP contribution < -0.4 is 0 Å². The molecule has 0 N–H and O–H groups in total. The van der Waals surface area contributed by atoms with Crippen LogP contribution in [0.3, 0.4) is 0 Å². The number of unbranched alkanes of at least 4 members (excludes halogenated alkanes) is 9. The van der Waals surface area contributed by atoms with Gasteiger partial charge in [-0.25, -0.2) is 0 Å². The first-order valence-electron chi connectivity index (χ1n) is 8.20. The van der Waals surface area contributed by atoms with Crippen molar-refractivity contribution in [2.45, 2.75) is 96.8 Å². The summed E-state index contributed by atoms with van der Waals surface area (Å²) in [6.07, 6.45) is 6.03. The Morgan fingerprint density at radius 1 is 0.750 bits per heavy atom. The van der Waals surface area contributed by atoms with Gasteiger partial charge in [-0.15, -0.1) is 0 Å². The van der Waals surface area contributed by atoms with E-state index < -0.39 is 12.3 Å². The van der Waals surface area contributed by atoms with Crippen molar-refractivity contribution < 1.29 is 17.9 Å². The Balaban J connectivity index is 3.28. The lowest BCUT2D eigenvalue weighted by atomic mass is 10.1. The Labute approximate surface area is 122 Å². The number of rotatable bonds is 13. The number of hydrogen-bond donors (Lipinski definition) is 0. The fourth-order valence-electron chi connectivity index (χ4n) is 2.26. The second-order valence-electron chi connectivity index (χ2n) is 5.49. The molecule has 0 aliphatic heterocycles. The zero-order valence-corrected chi connectivity index (χ0v) is 13.1. The fourth-order valence-corrected chi connectivity index (χ4v) is 2.26. The van der Waals surface area contributed by atoms with Gasteiger partial charge in [0.05, 0.1) is 0 Å². The molecule has 0 aliphatic carbocycles. The first-order valence-corrected chi connectivity index (χ1v) is 8.20. The van der Waals surface area contributed by atoms with E-state index in [1.165, 1.54) is 51.9 Å². The molecule has 20 heavy (non-hydrogen) atoms. The summed E-state index contributed by atoms with van der Waals surface area (Å²) in [5, 5.41) is 0. The van der Waals surface area contributed by atoms with Gasteiger partial charge in [0.15, 0.2) is 6.10 Å². The lowest BCUT2D eigenvalue weighted by molar-refractivity contribution is -0.221. The average molecular weight is 296 g/mol. The van der Waals surface area contributed by atoms with Crippen LogP contribution in [0.4, 0.5) is 13.2 Å². The van der Waals surface area contributed by atoms with Crippen LogP contribution in [0, 0.1) is 0 Å². The molecule has 0 aromatic heterocycles. The van der Waals surface area contributed by atoms with E-state index in [1.54, 1.807) is 0 Å². The monoisotopic (exact) mass is 296 g/mol. The van der Waals surface area contributed by atoms with Gasteiger partial charge in [0.2, 0.25) is 0 Å². The molecule has 0 saturated carbocycles. The smallest absolute Gasteiger partial charge is 0.369 e. The maximum absolute atomic E-state index is 12.4. The number of halogens is 3. The van der Waals surface area contributed by atoms with Gasteiger partial charge in [-0.05, 0) is 12.8 Å². The maximum atomic E-state index is 12.4. The van der Waals surface area contributed by atoms with Crippen molar-refractivity contribution in [3.8, 4) is 0 Å². The van der Waals surface area contributed by atoms with E-state index >= 15 is 0 Å². The van der Waals surface area contributed by atoms with E-state index in [1.807, 2.05) is 0 Å². The molecular formula is C16H31F3O. The van der Waals surface area contributed by atoms with Crippen molar-refractivity contribution in [3.63, 3.8) is 0 Å². The van der Waals surface area contributed by atoms with Crippen LogP contribution in [-0.4, -0.2) is 18.9 Å². The maximum Gasteiger partial charge on any atom is 0.414 e. The highest BCUT2D eigenvalue weighted by molar-refractivity contribution is 4.65. The number of alkyl halides is 3. The quantitative estimate of drug-likeness (QED) is 0.364. The molecule has 1 unspecified atom stereocenters. The Kier molecular flexibility index (Phi) is 12.3. The highest BCUT2D eigenvalue weighted by Crippen LogP contribution is 2.25. The van der Waals surface area contributed by atoms with Gasteiger partial charge >= 0.3 is 6.18 Å². The van der Waals surface area contributed by atoms with Crippen LogP contribution in [0.15, 0.2) is 0 Å². The first kappa shape index (κ1) is 19.8. The minimum Gasteiger partial charge on any atom is -0.369 e. The van der Waals surface area contributed by atoms with Crippen LogP contribution >= 0.6 is 0 Å². The molecule has 0 fully saturated rings. The molecule has 0 amide bonds. The summed E-state index contributed by atoms with van der Waals surface area (Å²) in [4.78, 5) is 0. The van der Waals surface area contributed by atoms with Crippen LogP contribution in [0.5, 0.6) is 0 Å². The lowest BCUT2D eigenvalue weighted by Gasteiger charge is -2.19. The van der Waals surface area contributed by atoms with Crippen molar-refractivity contribution in [3.05, 3.63) is 0 Å². The highest BCUT2D eigenvalue weighted by Gasteiger charge is 2.38. The summed E-state index contributed by atoms with van der Waals surface area (Å²) in [5.74, 6) is 0. The largest absolute Gasteiger partial charge is 0.414 e. The van der Waals surface area contributed by atoms with Crippen molar-refractivity contribution in [1.29, 1.82) is 0 Å². The Morgan fingerprint density at radius 2 is 1.20 bits per heavy atom. The summed E-state index contributed by atoms with van der Waals surface area (Å²) in [7, 11) is 0. The molecule has 0 spiro atoms. The van der Waals surface area contributed by atoms with E-state index in [0.717, 1.165) is 19.3 Å². The van der Waals surface area contributed by atoms with Gasteiger partial charge in [0.25, 0.3) is 0 Å². The zero-order valence-electron chi connectivity index (χ0n) is 13.1. The molecule has 1 atom stereocenters. The average Bonchev–Trinajstić information content (AvgIpc) is 2.38. The van der Waals surface area contributed by atoms with E-state index in [2.05, 4.69) is 6.92 Å². The molecule has 0 aromatic carbocycles. The van der Waals surface area contributed by atoms with Crippen LogP contribution in [-0.2, 0) is 4.74 Å². The zero-order chi connectivity index (χ0) is 15.3. The third-order valence-corrected chi connectivity index (χ3v) is 3.55. The highest BCUT2D eigenvalue weighted by atomic mass is 19.4. The van der Waals surface area contributed by atoms with Crippen LogP contribution in [0.2, 0.25) is 0 Å². The molecule has 0 heterocycles. The van der Waals surface area contributed by atoms with Crippen LogP contribution in [0.25, 0.3) is 0 Å². The Bertz CT molecular complexity index is 204. The second kappa shape index (κ2) is 12.5. The third-order valence-electron chi connectivity index (χ3n) is 3.55. The first-order chi connectivity index (χ1) is 9.52. The second-order valence-corrected chi connectivity index (χ2v) is 5.49. The standard InChI is InChI=1S/C16H31F3O/c1-3-5-6-7-8-9-10-11-12-13-14-20-15(4-2)16(17,18)19/h15H,3-14H2,1-2H3. The predicted molar refractivity (Wildman–Crippen MR) is 77.9 cm³/mol. The summed E-state index contributed by atoms with van der Waals surface area (Å²) < 4.78 is 42.1. The minimum atomic E-state index is -4.22. The van der Waals surface area contributed by atoms with Crippen LogP contribution in [0.1, 0.15) is 84.5 Å². The fraction of sp³-hybridized carbons (Fsp3) is 1.00. The third kappa shape index (κ3) is 11.6. The number of ether oxygens (including phenoxy) is 1. The van der Waals surface area contributed by atoms with E-state index in [9.17, 15) is 13.2 Å². The molecule has 4 heteroatoms. The van der Waals surface area contributed by atoms with Gasteiger partial charge in [-0.1, -0.05) is 71.6 Å². The molecule has 0 rings (SSSR count). The summed E-state index contributed by atoms with van der Waals surface area (Å²) in [5.41, 5.74) is 0. The van der Waals surface area contributed by atoms with Crippen molar-refractivity contribution in [2.75, 3.05) is 6.61 Å². The molecule has 0 radical (unpaired) electrons. The topological polar surface area (TPSA) is 9.23 Å². The molecule has 0 saturated heterocycles. The van der Waals surface area contributed by atoms with E-state index in [4.69, 9.17) is 4.74 Å². The summed E-state index contributed by atoms with van der Waals surface area (Å²) in [6, 6.07) is 0. The Hall–Kier alpha value is -0.250. The molecule has 1 nitrogen and oxygen atoms in total. The molecule has 0 aliphatic rings. The lowest BCUT2D eigenvalue weighted by Crippen LogP contribution is -2.31. The van der Waals surface area contributed by atoms with Gasteiger partial charge in [-0.2, -0.15) is 13.2 Å². The van der Waals surface area contributed by atoms with Crippen molar-refractivity contribution >= 4 is 0 Å². The van der Waals surface area contributed by atoms with Gasteiger partial charge in [0.1, 0.15) is 0 Å². The van der Waals surface area contributed by atoms with E-state index in [-0.39, 0.29) is 13.0 Å². The van der Waals surface area contributed by atoms with E-state index in [0.29, 0.717) is 0 Å². The molecule has 0 aromatic rings. The van der Waals surface area contributed by atoms with Crippen molar-refractivity contribution in [2.24, 2.45) is 0 Å². The molecular weight excluding hydrogens is 265 g/mol. The van der Waals surface area contributed by atoms with Gasteiger partial charge in [0, 0.05) is 6.61 Å². The normalized spacial score (nSPS) is 13.7. The van der Waals surface area contributed by atoms with Gasteiger partial charge in [-0.3, -0.25) is 0 Å².